The second-order valence-corrected chi connectivity index (χ2v) is 9.07. The van der Waals surface area contributed by atoms with Gasteiger partial charge in [0.15, 0.2) is 9.58 Å². The van der Waals surface area contributed by atoms with Crippen LogP contribution in [0.3, 0.4) is 0 Å². The third kappa shape index (κ3) is 5.80. The number of Topliss-reactive ketones (excluding diaryl/α,β-unsaturated/α-hetero) is 1. The Bertz CT molecular complexity index is 567. The van der Waals surface area contributed by atoms with Crippen LogP contribution in [0.1, 0.15) is 37.6 Å². The fourth-order valence-electron chi connectivity index (χ4n) is 2.39. The predicted octanol–water partition coefficient (Wildman–Crippen LogP) is 5.44. The van der Waals surface area contributed by atoms with Gasteiger partial charge in [-0.1, -0.05) is 79.0 Å². The van der Waals surface area contributed by atoms with Crippen molar-refractivity contribution in [1.29, 1.82) is 0 Å². The van der Waals surface area contributed by atoms with Crippen LogP contribution in [0.25, 0.3) is 0 Å². The molecular weight excluding hydrogens is 394 g/mol. The van der Waals surface area contributed by atoms with Gasteiger partial charge in [-0.05, 0) is 6.92 Å². The summed E-state index contributed by atoms with van der Waals surface area (Å²) in [6.45, 7) is 5.23. The maximum absolute atomic E-state index is 12.9. The third-order valence-electron chi connectivity index (χ3n) is 3.80. The molecule has 0 aliphatic rings. The van der Waals surface area contributed by atoms with Gasteiger partial charge < -0.3 is 4.74 Å². The number of rotatable bonds is 7. The van der Waals surface area contributed by atoms with Gasteiger partial charge >= 0.3 is 5.97 Å². The summed E-state index contributed by atoms with van der Waals surface area (Å²) in [5.74, 6) is -2.10. The number of benzene rings is 1. The molecule has 1 rings (SSSR count). The lowest BCUT2D eigenvalue weighted by atomic mass is 9.71. The van der Waals surface area contributed by atoms with Crippen LogP contribution in [0.4, 0.5) is 0 Å². The van der Waals surface area contributed by atoms with Crippen molar-refractivity contribution in [2.75, 3.05) is 6.61 Å². The van der Waals surface area contributed by atoms with E-state index in [0.29, 0.717) is 5.56 Å². The Morgan fingerprint density at radius 3 is 2.12 bits per heavy atom. The predicted molar refractivity (Wildman–Crippen MR) is 99.2 cm³/mol. The van der Waals surface area contributed by atoms with E-state index in [1.54, 1.807) is 51.1 Å². The zero-order chi connectivity index (χ0) is 18.5. The molecule has 0 saturated carbocycles. The SMILES string of the molecule is CCOC(=O)C(C(=O)c1ccccc1)C(C)(C)C(Cl)CC(Cl)(Cl)Cl. The number of hydrogen-bond donors (Lipinski definition) is 0. The molecule has 24 heavy (non-hydrogen) atoms. The zero-order valence-electron chi connectivity index (χ0n) is 13.7. The molecule has 2 unspecified atom stereocenters. The van der Waals surface area contributed by atoms with E-state index < -0.39 is 26.5 Å². The first-order valence-corrected chi connectivity index (χ1v) is 9.04. The highest BCUT2D eigenvalue weighted by Crippen LogP contribution is 2.44. The summed E-state index contributed by atoms with van der Waals surface area (Å²) in [5.41, 5.74) is -0.577. The first-order chi connectivity index (χ1) is 11.0. The van der Waals surface area contributed by atoms with Crippen molar-refractivity contribution in [3.8, 4) is 0 Å². The fourth-order valence-corrected chi connectivity index (χ4v) is 3.45. The van der Waals surface area contributed by atoms with E-state index in [1.165, 1.54) is 0 Å². The van der Waals surface area contributed by atoms with Gasteiger partial charge in [-0.3, -0.25) is 9.59 Å². The lowest BCUT2D eigenvalue weighted by Crippen LogP contribution is -2.45. The van der Waals surface area contributed by atoms with Crippen LogP contribution in [-0.2, 0) is 9.53 Å². The number of esters is 1. The molecule has 0 heterocycles. The highest BCUT2D eigenvalue weighted by molar-refractivity contribution is 6.67. The highest BCUT2D eigenvalue weighted by atomic mass is 35.6. The molecule has 0 amide bonds. The molecule has 0 spiro atoms. The van der Waals surface area contributed by atoms with Crippen molar-refractivity contribution in [1.82, 2.24) is 0 Å². The Labute approximate surface area is 162 Å². The topological polar surface area (TPSA) is 43.4 Å². The minimum absolute atomic E-state index is 0.00973. The Hall–Kier alpha value is -0.480. The van der Waals surface area contributed by atoms with Crippen molar-refractivity contribution in [2.45, 2.75) is 36.4 Å². The van der Waals surface area contributed by atoms with Gasteiger partial charge in [-0.15, -0.1) is 11.6 Å². The Morgan fingerprint density at radius 2 is 1.67 bits per heavy atom. The monoisotopic (exact) mass is 412 g/mol. The second-order valence-electron chi connectivity index (χ2n) is 6.02. The zero-order valence-corrected chi connectivity index (χ0v) is 16.7. The quantitative estimate of drug-likeness (QED) is 0.258. The molecule has 7 heteroatoms. The molecule has 0 aliphatic carbocycles. The van der Waals surface area contributed by atoms with E-state index in [-0.39, 0.29) is 18.8 Å². The van der Waals surface area contributed by atoms with Crippen LogP contribution in [0, 0.1) is 11.3 Å². The number of halogens is 4. The van der Waals surface area contributed by atoms with Crippen LogP contribution in [-0.4, -0.2) is 27.5 Å². The van der Waals surface area contributed by atoms with E-state index >= 15 is 0 Å². The van der Waals surface area contributed by atoms with E-state index in [9.17, 15) is 9.59 Å². The van der Waals surface area contributed by atoms with Gasteiger partial charge in [0.25, 0.3) is 0 Å². The number of ether oxygens (including phenoxy) is 1. The highest BCUT2D eigenvalue weighted by Gasteiger charge is 2.48. The average Bonchev–Trinajstić information content (AvgIpc) is 2.46. The normalized spacial score (nSPS) is 14.8. The molecule has 0 bridgehead atoms. The Balaban J connectivity index is 3.22. The second kappa shape index (κ2) is 8.75. The average molecular weight is 414 g/mol. The standard InChI is InChI=1S/C17H20Cl4O3/c1-4-24-15(23)13(14(22)11-8-6-5-7-9-11)16(2,3)12(18)10-17(19,20)21/h5-9,12-13H,4,10H2,1-3H3. The number of ketones is 1. The van der Waals surface area contributed by atoms with Crippen LogP contribution in [0.2, 0.25) is 0 Å². The largest absolute Gasteiger partial charge is 0.465 e. The molecule has 0 N–H and O–H groups in total. The number of alkyl halides is 4. The third-order valence-corrected chi connectivity index (χ3v) is 4.98. The van der Waals surface area contributed by atoms with Gasteiger partial charge in [-0.25, -0.2) is 0 Å². The molecule has 1 aromatic carbocycles. The van der Waals surface area contributed by atoms with Crippen molar-refractivity contribution in [3.05, 3.63) is 35.9 Å². The molecule has 3 nitrogen and oxygen atoms in total. The molecular formula is C17H20Cl4O3. The van der Waals surface area contributed by atoms with Gasteiger partial charge in [0.1, 0.15) is 5.92 Å². The number of carbonyl (C=O) groups excluding carboxylic acids is 2. The molecule has 0 radical (unpaired) electrons. The van der Waals surface area contributed by atoms with Crippen molar-refractivity contribution in [2.24, 2.45) is 11.3 Å². The van der Waals surface area contributed by atoms with Crippen LogP contribution in [0.15, 0.2) is 30.3 Å². The van der Waals surface area contributed by atoms with E-state index in [1.807, 2.05) is 0 Å². The number of hydrogen-bond acceptors (Lipinski definition) is 3. The summed E-state index contributed by atoms with van der Waals surface area (Å²) >= 11 is 23.9. The maximum Gasteiger partial charge on any atom is 0.317 e. The van der Waals surface area contributed by atoms with E-state index in [2.05, 4.69) is 0 Å². The molecule has 0 saturated heterocycles. The van der Waals surface area contributed by atoms with Crippen LogP contribution in [0.5, 0.6) is 0 Å². The minimum atomic E-state index is -1.58. The fraction of sp³-hybridized carbons (Fsp3) is 0.529. The molecule has 2 atom stereocenters. The van der Waals surface area contributed by atoms with Gasteiger partial charge in [0.2, 0.25) is 0 Å². The maximum atomic E-state index is 12.9. The summed E-state index contributed by atoms with van der Waals surface area (Å²) < 4.78 is 3.51. The van der Waals surface area contributed by atoms with E-state index in [0.717, 1.165) is 0 Å². The van der Waals surface area contributed by atoms with Crippen molar-refractivity contribution < 1.29 is 14.3 Å². The molecule has 0 aliphatic heterocycles. The molecule has 1 aromatic rings. The minimum Gasteiger partial charge on any atom is -0.465 e. The smallest absolute Gasteiger partial charge is 0.317 e. The van der Waals surface area contributed by atoms with Gasteiger partial charge in [-0.2, -0.15) is 0 Å². The molecule has 0 fully saturated rings. The Kier molecular flexibility index (Phi) is 7.86. The summed E-state index contributed by atoms with van der Waals surface area (Å²) in [6.07, 6.45) is -0.00973. The van der Waals surface area contributed by atoms with Crippen molar-refractivity contribution in [3.63, 3.8) is 0 Å². The van der Waals surface area contributed by atoms with E-state index in [4.69, 9.17) is 51.1 Å². The van der Waals surface area contributed by atoms with Crippen LogP contribution < -0.4 is 0 Å². The first kappa shape index (κ1) is 21.6. The summed E-state index contributed by atoms with van der Waals surface area (Å²) in [7, 11) is 0. The Morgan fingerprint density at radius 1 is 1.12 bits per heavy atom. The number of carbonyl (C=O) groups is 2. The lowest BCUT2D eigenvalue weighted by molar-refractivity contribution is -0.149. The summed E-state index contributed by atoms with van der Waals surface area (Å²) in [5, 5.41) is -0.730. The molecule has 134 valence electrons. The lowest BCUT2D eigenvalue weighted by Gasteiger charge is -2.37. The summed E-state index contributed by atoms with van der Waals surface area (Å²) in [4.78, 5) is 25.4. The van der Waals surface area contributed by atoms with Gasteiger partial charge in [0.05, 0.1) is 6.61 Å². The first-order valence-electron chi connectivity index (χ1n) is 7.47. The van der Waals surface area contributed by atoms with Crippen LogP contribution >= 0.6 is 46.4 Å². The molecule has 0 aromatic heterocycles. The van der Waals surface area contributed by atoms with Crippen molar-refractivity contribution >= 4 is 58.2 Å². The van der Waals surface area contributed by atoms with Gasteiger partial charge in [0, 0.05) is 22.8 Å². The summed E-state index contributed by atoms with van der Waals surface area (Å²) in [6, 6.07) is 8.52.